The molecule has 0 fully saturated rings. The third-order valence-electron chi connectivity index (χ3n) is 2.65. The topological polar surface area (TPSA) is 37.8 Å². The molecule has 0 saturated heterocycles. The molecule has 0 aliphatic heterocycles. The Hall–Kier alpha value is -2.04. The van der Waals surface area contributed by atoms with Gasteiger partial charge in [0, 0.05) is 30.7 Å². The number of nitrogens with one attached hydrogen (secondary N) is 1. The van der Waals surface area contributed by atoms with E-state index in [1.165, 1.54) is 12.1 Å². The van der Waals surface area contributed by atoms with E-state index in [4.69, 9.17) is 0 Å². The van der Waals surface area contributed by atoms with E-state index < -0.39 is 11.6 Å². The van der Waals surface area contributed by atoms with Crippen LogP contribution >= 0.6 is 0 Å². The van der Waals surface area contributed by atoms with E-state index in [9.17, 15) is 8.78 Å². The Bertz CT molecular complexity index is 585. The van der Waals surface area contributed by atoms with Crippen LogP contribution in [0.4, 0.5) is 14.6 Å². The van der Waals surface area contributed by atoms with Crippen LogP contribution in [0, 0.1) is 11.6 Å². The highest BCUT2D eigenvalue weighted by molar-refractivity contribution is 5.63. The standard InChI is InChI=1S/C14H15F2N3/c1-3-13-18-12(8-14(19-13)17-4-2)10-6-5-9(15)7-11(10)16/h5-8H,3-4H2,1-2H3,(H,17,18,19). The van der Waals surface area contributed by atoms with Crippen LogP contribution < -0.4 is 5.32 Å². The van der Waals surface area contributed by atoms with Gasteiger partial charge >= 0.3 is 0 Å². The number of rotatable bonds is 4. The van der Waals surface area contributed by atoms with E-state index in [1.807, 2.05) is 13.8 Å². The largest absolute Gasteiger partial charge is 0.370 e. The van der Waals surface area contributed by atoms with Gasteiger partial charge in [-0.3, -0.25) is 0 Å². The van der Waals surface area contributed by atoms with E-state index in [1.54, 1.807) is 6.07 Å². The molecule has 0 bridgehead atoms. The first-order valence-electron chi connectivity index (χ1n) is 6.21. The van der Waals surface area contributed by atoms with Crippen molar-refractivity contribution in [2.75, 3.05) is 11.9 Å². The van der Waals surface area contributed by atoms with Crippen LogP contribution in [0.25, 0.3) is 11.3 Å². The summed E-state index contributed by atoms with van der Waals surface area (Å²) in [4.78, 5) is 8.58. The van der Waals surface area contributed by atoms with Gasteiger partial charge in [0.25, 0.3) is 0 Å². The molecule has 100 valence electrons. The molecule has 2 rings (SSSR count). The highest BCUT2D eigenvalue weighted by atomic mass is 19.1. The zero-order valence-electron chi connectivity index (χ0n) is 10.9. The normalized spacial score (nSPS) is 10.5. The van der Waals surface area contributed by atoms with Crippen LogP contribution in [0.2, 0.25) is 0 Å². The van der Waals surface area contributed by atoms with E-state index in [2.05, 4.69) is 15.3 Å². The summed E-state index contributed by atoms with van der Waals surface area (Å²) in [6.07, 6.45) is 0.648. The summed E-state index contributed by atoms with van der Waals surface area (Å²) < 4.78 is 26.7. The third-order valence-corrected chi connectivity index (χ3v) is 2.65. The summed E-state index contributed by atoms with van der Waals surface area (Å²) in [6, 6.07) is 5.14. The number of nitrogens with zero attached hydrogens (tertiary/aromatic N) is 2. The minimum atomic E-state index is -0.622. The molecular weight excluding hydrogens is 248 g/mol. The number of hydrogen-bond donors (Lipinski definition) is 1. The van der Waals surface area contributed by atoms with Gasteiger partial charge in [0.2, 0.25) is 0 Å². The molecule has 1 aromatic heterocycles. The van der Waals surface area contributed by atoms with Crippen LogP contribution in [0.5, 0.6) is 0 Å². The summed E-state index contributed by atoms with van der Waals surface area (Å²) in [6.45, 7) is 4.59. The Labute approximate surface area is 110 Å². The first kappa shape index (κ1) is 13.4. The van der Waals surface area contributed by atoms with Gasteiger partial charge in [-0.25, -0.2) is 18.7 Å². The Kier molecular flexibility index (Phi) is 4.04. The van der Waals surface area contributed by atoms with Crippen molar-refractivity contribution in [2.45, 2.75) is 20.3 Å². The summed E-state index contributed by atoms with van der Waals surface area (Å²) >= 11 is 0. The molecule has 0 aliphatic rings. The molecule has 1 heterocycles. The predicted octanol–water partition coefficient (Wildman–Crippen LogP) is 3.42. The molecule has 1 N–H and O–H groups in total. The van der Waals surface area contributed by atoms with Crippen molar-refractivity contribution in [3.8, 4) is 11.3 Å². The molecule has 0 radical (unpaired) electrons. The molecule has 19 heavy (non-hydrogen) atoms. The van der Waals surface area contributed by atoms with Crippen molar-refractivity contribution in [3.63, 3.8) is 0 Å². The van der Waals surface area contributed by atoms with E-state index in [-0.39, 0.29) is 5.56 Å². The van der Waals surface area contributed by atoms with Crippen LogP contribution in [-0.4, -0.2) is 16.5 Å². The number of aromatic nitrogens is 2. The lowest BCUT2D eigenvalue weighted by Gasteiger charge is -2.09. The summed E-state index contributed by atoms with van der Waals surface area (Å²) in [5.41, 5.74) is 0.734. The van der Waals surface area contributed by atoms with Crippen molar-refractivity contribution in [2.24, 2.45) is 0 Å². The molecular formula is C14H15F2N3. The monoisotopic (exact) mass is 263 g/mol. The van der Waals surface area contributed by atoms with Gasteiger partial charge in [0.15, 0.2) is 0 Å². The lowest BCUT2D eigenvalue weighted by molar-refractivity contribution is 0.585. The Morgan fingerprint density at radius 3 is 2.53 bits per heavy atom. The number of anilines is 1. The first-order valence-corrected chi connectivity index (χ1v) is 6.21. The Morgan fingerprint density at radius 2 is 1.89 bits per heavy atom. The van der Waals surface area contributed by atoms with Crippen molar-refractivity contribution >= 4 is 5.82 Å². The maximum atomic E-state index is 13.8. The SMILES string of the molecule is CCNc1cc(-c2ccc(F)cc2F)nc(CC)n1. The molecule has 2 aromatic rings. The smallest absolute Gasteiger partial charge is 0.135 e. The first-order chi connectivity index (χ1) is 9.13. The molecule has 5 heteroatoms. The van der Waals surface area contributed by atoms with Crippen LogP contribution in [0.3, 0.4) is 0 Å². The summed E-state index contributed by atoms with van der Waals surface area (Å²) in [7, 11) is 0. The minimum Gasteiger partial charge on any atom is -0.370 e. The molecule has 1 aromatic carbocycles. The van der Waals surface area contributed by atoms with Crippen molar-refractivity contribution in [1.29, 1.82) is 0 Å². The molecule has 3 nitrogen and oxygen atoms in total. The maximum absolute atomic E-state index is 13.8. The molecule has 0 spiro atoms. The Morgan fingerprint density at radius 1 is 1.11 bits per heavy atom. The molecule has 0 saturated carbocycles. The summed E-state index contributed by atoms with van der Waals surface area (Å²) in [5, 5.41) is 3.08. The number of benzene rings is 1. The van der Waals surface area contributed by atoms with E-state index in [0.29, 0.717) is 30.3 Å². The van der Waals surface area contributed by atoms with Gasteiger partial charge in [-0.1, -0.05) is 6.92 Å². The fourth-order valence-corrected chi connectivity index (χ4v) is 1.76. The van der Waals surface area contributed by atoms with Gasteiger partial charge in [0.05, 0.1) is 5.69 Å². The van der Waals surface area contributed by atoms with Gasteiger partial charge in [-0.05, 0) is 19.1 Å². The fraction of sp³-hybridized carbons (Fsp3) is 0.286. The third kappa shape index (κ3) is 3.05. The van der Waals surface area contributed by atoms with E-state index in [0.717, 1.165) is 6.07 Å². The number of aryl methyl sites for hydroxylation is 1. The highest BCUT2D eigenvalue weighted by Crippen LogP contribution is 2.23. The van der Waals surface area contributed by atoms with Crippen molar-refractivity contribution < 1.29 is 8.78 Å². The second-order valence-corrected chi connectivity index (χ2v) is 4.06. The van der Waals surface area contributed by atoms with Gasteiger partial charge in [0.1, 0.15) is 23.3 Å². The maximum Gasteiger partial charge on any atom is 0.135 e. The zero-order valence-corrected chi connectivity index (χ0v) is 10.9. The highest BCUT2D eigenvalue weighted by Gasteiger charge is 2.10. The lowest BCUT2D eigenvalue weighted by atomic mass is 10.1. The number of halogens is 2. The van der Waals surface area contributed by atoms with Crippen LogP contribution in [0.1, 0.15) is 19.7 Å². The second-order valence-electron chi connectivity index (χ2n) is 4.06. The fourth-order valence-electron chi connectivity index (χ4n) is 1.76. The quantitative estimate of drug-likeness (QED) is 0.918. The molecule has 0 aliphatic carbocycles. The number of hydrogen-bond acceptors (Lipinski definition) is 3. The average molecular weight is 263 g/mol. The Balaban J connectivity index is 2.51. The lowest BCUT2D eigenvalue weighted by Crippen LogP contribution is -2.04. The van der Waals surface area contributed by atoms with Crippen molar-refractivity contribution in [1.82, 2.24) is 9.97 Å². The van der Waals surface area contributed by atoms with Gasteiger partial charge < -0.3 is 5.32 Å². The van der Waals surface area contributed by atoms with Crippen LogP contribution in [-0.2, 0) is 6.42 Å². The van der Waals surface area contributed by atoms with Crippen molar-refractivity contribution in [3.05, 3.63) is 41.7 Å². The molecule has 0 unspecified atom stereocenters. The van der Waals surface area contributed by atoms with E-state index >= 15 is 0 Å². The molecule has 0 amide bonds. The predicted molar refractivity (Wildman–Crippen MR) is 70.9 cm³/mol. The molecule has 0 atom stereocenters. The minimum absolute atomic E-state index is 0.276. The van der Waals surface area contributed by atoms with Gasteiger partial charge in [-0.2, -0.15) is 0 Å². The summed E-state index contributed by atoms with van der Waals surface area (Å²) in [5.74, 6) is 0.0476. The van der Waals surface area contributed by atoms with Gasteiger partial charge in [-0.15, -0.1) is 0 Å². The average Bonchev–Trinajstić information content (AvgIpc) is 2.38. The second kappa shape index (κ2) is 5.73. The zero-order chi connectivity index (χ0) is 13.8. The van der Waals surface area contributed by atoms with Crippen LogP contribution in [0.15, 0.2) is 24.3 Å².